The molecule has 0 fully saturated rings. The third-order valence-corrected chi connectivity index (χ3v) is 2.53. The number of aromatic nitrogens is 1. The van der Waals surface area contributed by atoms with Crippen molar-refractivity contribution in [3.05, 3.63) is 66.0 Å². The van der Waals surface area contributed by atoms with Gasteiger partial charge in [-0.25, -0.2) is 0 Å². The fourth-order valence-electron chi connectivity index (χ4n) is 1.56. The first kappa shape index (κ1) is 12.3. The molecule has 92 valence electrons. The van der Waals surface area contributed by atoms with Crippen LogP contribution in [0.25, 0.3) is 0 Å². The predicted molar refractivity (Wildman–Crippen MR) is 67.5 cm³/mol. The zero-order valence-electron chi connectivity index (χ0n) is 9.78. The average molecular weight is 242 g/mol. The van der Waals surface area contributed by atoms with Crippen LogP contribution in [0.1, 0.15) is 17.4 Å². The molecule has 2 rings (SSSR count). The van der Waals surface area contributed by atoms with Gasteiger partial charge < -0.3 is 10.4 Å². The fraction of sp³-hybridized carbons (Fsp3) is 0.143. The first-order chi connectivity index (χ1) is 8.77. The van der Waals surface area contributed by atoms with Gasteiger partial charge in [-0.05, 0) is 17.7 Å². The Morgan fingerprint density at radius 1 is 1.17 bits per heavy atom. The first-order valence-electron chi connectivity index (χ1n) is 5.68. The van der Waals surface area contributed by atoms with E-state index in [2.05, 4.69) is 10.3 Å². The molecule has 2 N–H and O–H groups in total. The van der Waals surface area contributed by atoms with Crippen molar-refractivity contribution in [1.29, 1.82) is 0 Å². The van der Waals surface area contributed by atoms with Gasteiger partial charge in [0, 0.05) is 6.20 Å². The molecule has 0 unspecified atom stereocenters. The quantitative estimate of drug-likeness (QED) is 0.852. The highest BCUT2D eigenvalue weighted by Crippen LogP contribution is 2.11. The number of carbonyl (C=O) groups excluding carboxylic acids is 1. The Labute approximate surface area is 105 Å². The molecule has 0 saturated carbocycles. The molecule has 4 nitrogen and oxygen atoms in total. The van der Waals surface area contributed by atoms with Gasteiger partial charge in [0.1, 0.15) is 0 Å². The molecule has 0 bridgehead atoms. The van der Waals surface area contributed by atoms with Crippen molar-refractivity contribution in [3.8, 4) is 0 Å². The molecule has 0 aliphatic rings. The SMILES string of the molecule is O=C(NCc1ccccn1)[C@@H](O)c1ccccc1. The molecule has 0 saturated heterocycles. The summed E-state index contributed by atoms with van der Waals surface area (Å²) >= 11 is 0. The number of aliphatic hydroxyl groups excluding tert-OH is 1. The minimum absolute atomic E-state index is 0.309. The maximum absolute atomic E-state index is 11.7. The van der Waals surface area contributed by atoms with Gasteiger partial charge in [0.05, 0.1) is 12.2 Å². The van der Waals surface area contributed by atoms with Crippen LogP contribution in [0.5, 0.6) is 0 Å². The van der Waals surface area contributed by atoms with Gasteiger partial charge in [-0.1, -0.05) is 36.4 Å². The summed E-state index contributed by atoms with van der Waals surface area (Å²) < 4.78 is 0. The molecule has 1 heterocycles. The van der Waals surface area contributed by atoms with Crippen LogP contribution in [0.4, 0.5) is 0 Å². The van der Waals surface area contributed by atoms with Crippen molar-refractivity contribution in [1.82, 2.24) is 10.3 Å². The van der Waals surface area contributed by atoms with E-state index in [9.17, 15) is 9.90 Å². The summed E-state index contributed by atoms with van der Waals surface area (Å²) in [6, 6.07) is 14.3. The van der Waals surface area contributed by atoms with Crippen LogP contribution in [0.15, 0.2) is 54.7 Å². The van der Waals surface area contributed by atoms with Crippen LogP contribution in [0.2, 0.25) is 0 Å². The van der Waals surface area contributed by atoms with E-state index >= 15 is 0 Å². The van der Waals surface area contributed by atoms with Gasteiger partial charge in [0.25, 0.3) is 5.91 Å². The maximum Gasteiger partial charge on any atom is 0.253 e. The number of nitrogens with zero attached hydrogens (tertiary/aromatic N) is 1. The molecule has 0 aliphatic carbocycles. The van der Waals surface area contributed by atoms with E-state index in [-0.39, 0.29) is 0 Å². The summed E-state index contributed by atoms with van der Waals surface area (Å²) in [5, 5.41) is 12.5. The lowest BCUT2D eigenvalue weighted by Crippen LogP contribution is -2.29. The van der Waals surface area contributed by atoms with Crippen LogP contribution in [0, 0.1) is 0 Å². The lowest BCUT2D eigenvalue weighted by atomic mass is 10.1. The van der Waals surface area contributed by atoms with E-state index in [1.165, 1.54) is 0 Å². The molecule has 1 atom stereocenters. The normalized spacial score (nSPS) is 11.8. The largest absolute Gasteiger partial charge is 0.378 e. The van der Waals surface area contributed by atoms with Crippen molar-refractivity contribution in [3.63, 3.8) is 0 Å². The van der Waals surface area contributed by atoms with Crippen LogP contribution >= 0.6 is 0 Å². The lowest BCUT2D eigenvalue weighted by Gasteiger charge is -2.11. The van der Waals surface area contributed by atoms with Gasteiger partial charge in [-0.3, -0.25) is 9.78 Å². The summed E-state index contributed by atoms with van der Waals surface area (Å²) in [6.45, 7) is 0.309. The van der Waals surface area contributed by atoms with Crippen LogP contribution in [0.3, 0.4) is 0 Å². The fourth-order valence-corrected chi connectivity index (χ4v) is 1.56. The second kappa shape index (κ2) is 5.93. The number of benzene rings is 1. The van der Waals surface area contributed by atoms with Crippen LogP contribution in [-0.2, 0) is 11.3 Å². The molecule has 4 heteroatoms. The zero-order valence-corrected chi connectivity index (χ0v) is 9.78. The van der Waals surface area contributed by atoms with Gasteiger partial charge in [-0.15, -0.1) is 0 Å². The Bertz CT molecular complexity index is 500. The second-order valence-corrected chi connectivity index (χ2v) is 3.85. The van der Waals surface area contributed by atoms with E-state index in [0.717, 1.165) is 5.69 Å². The molecule has 2 aromatic rings. The highest BCUT2D eigenvalue weighted by Gasteiger charge is 2.16. The van der Waals surface area contributed by atoms with Gasteiger partial charge in [-0.2, -0.15) is 0 Å². The molecule has 1 aromatic heterocycles. The molecular weight excluding hydrogens is 228 g/mol. The summed E-state index contributed by atoms with van der Waals surface area (Å²) in [5.41, 5.74) is 1.34. The summed E-state index contributed by atoms with van der Waals surface area (Å²) in [5.74, 6) is -0.424. The summed E-state index contributed by atoms with van der Waals surface area (Å²) in [4.78, 5) is 15.8. The molecule has 18 heavy (non-hydrogen) atoms. The molecule has 0 aliphatic heterocycles. The second-order valence-electron chi connectivity index (χ2n) is 3.85. The lowest BCUT2D eigenvalue weighted by molar-refractivity contribution is -0.129. The van der Waals surface area contributed by atoms with Crippen molar-refractivity contribution in [2.75, 3.05) is 0 Å². The number of carbonyl (C=O) groups is 1. The number of nitrogens with one attached hydrogen (secondary N) is 1. The number of hydrogen-bond donors (Lipinski definition) is 2. The van der Waals surface area contributed by atoms with E-state index < -0.39 is 12.0 Å². The molecule has 0 radical (unpaired) electrons. The third kappa shape index (κ3) is 3.15. The Morgan fingerprint density at radius 2 is 1.89 bits per heavy atom. The molecular formula is C14H14N2O2. The molecule has 1 aromatic carbocycles. The minimum Gasteiger partial charge on any atom is -0.378 e. The third-order valence-electron chi connectivity index (χ3n) is 2.53. The highest BCUT2D eigenvalue weighted by molar-refractivity contribution is 5.81. The minimum atomic E-state index is -1.14. The van der Waals surface area contributed by atoms with Crippen molar-refractivity contribution < 1.29 is 9.90 Å². The van der Waals surface area contributed by atoms with Crippen molar-refractivity contribution in [2.24, 2.45) is 0 Å². The van der Waals surface area contributed by atoms with E-state index in [1.807, 2.05) is 24.3 Å². The monoisotopic (exact) mass is 242 g/mol. The van der Waals surface area contributed by atoms with E-state index in [1.54, 1.807) is 30.5 Å². The highest BCUT2D eigenvalue weighted by atomic mass is 16.3. The number of amides is 1. The van der Waals surface area contributed by atoms with Gasteiger partial charge in [0.2, 0.25) is 0 Å². The van der Waals surface area contributed by atoms with Gasteiger partial charge in [0.15, 0.2) is 6.10 Å². The Morgan fingerprint density at radius 3 is 2.56 bits per heavy atom. The smallest absolute Gasteiger partial charge is 0.253 e. The first-order valence-corrected chi connectivity index (χ1v) is 5.68. The summed E-state index contributed by atoms with van der Waals surface area (Å²) in [7, 11) is 0. The Hall–Kier alpha value is -2.20. The predicted octanol–water partition coefficient (Wildman–Crippen LogP) is 1.43. The van der Waals surface area contributed by atoms with Gasteiger partial charge >= 0.3 is 0 Å². The number of aliphatic hydroxyl groups is 1. The Balaban J connectivity index is 1.93. The number of rotatable bonds is 4. The standard InChI is InChI=1S/C14H14N2O2/c17-13(11-6-2-1-3-7-11)14(18)16-10-12-8-4-5-9-15-12/h1-9,13,17H,10H2,(H,16,18)/t13-/m0/s1. The Kier molecular flexibility index (Phi) is 4.04. The molecule has 1 amide bonds. The van der Waals surface area contributed by atoms with Crippen LogP contribution < -0.4 is 5.32 Å². The number of hydrogen-bond acceptors (Lipinski definition) is 3. The topological polar surface area (TPSA) is 62.2 Å². The number of pyridine rings is 1. The average Bonchev–Trinajstić information content (AvgIpc) is 2.46. The van der Waals surface area contributed by atoms with Crippen LogP contribution in [-0.4, -0.2) is 16.0 Å². The van der Waals surface area contributed by atoms with E-state index in [4.69, 9.17) is 0 Å². The maximum atomic E-state index is 11.7. The van der Waals surface area contributed by atoms with Crippen molar-refractivity contribution in [2.45, 2.75) is 12.6 Å². The van der Waals surface area contributed by atoms with E-state index in [0.29, 0.717) is 12.1 Å². The zero-order chi connectivity index (χ0) is 12.8. The summed E-state index contributed by atoms with van der Waals surface area (Å²) in [6.07, 6.45) is 0.518. The molecule has 0 spiro atoms. The van der Waals surface area contributed by atoms with Crippen molar-refractivity contribution >= 4 is 5.91 Å².